The van der Waals surface area contributed by atoms with Crippen molar-refractivity contribution in [2.24, 2.45) is 0 Å². The first-order valence-corrected chi connectivity index (χ1v) is 34.4. The van der Waals surface area contributed by atoms with Crippen LogP contribution in [0.2, 0.25) is 77.6 Å². The number of carbonyl (C=O) groups is 1. The fraction of sp³-hybridized carbons (Fsp3) is 0.906. The lowest BCUT2D eigenvalue weighted by Crippen LogP contribution is -2.58. The third-order valence-corrected chi connectivity index (χ3v) is 27.9. The van der Waals surface area contributed by atoms with Gasteiger partial charge in [0, 0.05) is 12.2 Å². The summed E-state index contributed by atoms with van der Waals surface area (Å²) in [5, 5.41) is 0. The number of esters is 1. The Morgan fingerprint density at radius 2 is 1.18 bits per heavy atom. The second-order valence-corrected chi connectivity index (χ2v) is 37.9. The van der Waals surface area contributed by atoms with E-state index < -0.39 is 64.5 Å². The van der Waals surface area contributed by atoms with E-state index >= 15 is 0 Å². The zero-order valence-electron chi connectivity index (χ0n) is 34.1. The first-order chi connectivity index (χ1) is 22.5. The van der Waals surface area contributed by atoms with Crippen LogP contribution in [0, 0.1) is 0 Å². The van der Waals surface area contributed by atoms with E-state index in [9.17, 15) is 13.2 Å². The Morgan fingerprint density at radius 1 is 0.720 bits per heavy atom. The summed E-state index contributed by atoms with van der Waals surface area (Å²) >= 11 is 0. The summed E-state index contributed by atoms with van der Waals surface area (Å²) in [5.41, 5.74) is 0.310. The molecule has 1 atom stereocenters. The number of hydrogen-bond donors (Lipinski definition) is 1. The van der Waals surface area contributed by atoms with Gasteiger partial charge in [-0.25, -0.2) is 4.79 Å². The number of ether oxygens (including phenoxy) is 3. The Hall–Kier alpha value is -0.0756. The molecule has 0 amide bonds. The normalized spacial score (nSPS) is 14.5. The highest BCUT2D eigenvalue weighted by molar-refractivity contribution is 7.85. The number of likely N-dealkylation sites (N-methyl/N-ethyl adjacent to an activating group) is 1. The van der Waals surface area contributed by atoms with Gasteiger partial charge in [0.05, 0.1) is 46.2 Å². The minimum Gasteiger partial charge on any atom is -0.454 e. The van der Waals surface area contributed by atoms with Crippen LogP contribution in [0.3, 0.4) is 0 Å². The van der Waals surface area contributed by atoms with E-state index in [2.05, 4.69) is 79.0 Å². The Balaban J connectivity index is 4.88. The topological polar surface area (TPSA) is 136 Å². The second-order valence-electron chi connectivity index (χ2n) is 16.7. The molecule has 0 heterocycles. The summed E-state index contributed by atoms with van der Waals surface area (Å²) in [6, 6.07) is 2.03. The van der Waals surface area contributed by atoms with Gasteiger partial charge in [-0.1, -0.05) is 26.3 Å². The summed E-state index contributed by atoms with van der Waals surface area (Å²) in [6.45, 7) is 31.9. The lowest BCUT2D eigenvalue weighted by atomic mass is 10.3. The molecule has 50 heavy (non-hydrogen) atoms. The highest BCUT2D eigenvalue weighted by Crippen LogP contribution is 2.28. The molecule has 0 bridgehead atoms. The van der Waals surface area contributed by atoms with Crippen molar-refractivity contribution in [3.8, 4) is 0 Å². The molecule has 18 heteroatoms. The van der Waals surface area contributed by atoms with Gasteiger partial charge in [0.1, 0.15) is 12.6 Å². The van der Waals surface area contributed by atoms with Gasteiger partial charge < -0.3 is 35.2 Å². The molecule has 298 valence electrons. The molecule has 0 rings (SSSR count). The number of quaternary nitrogens is 1. The molecule has 0 fully saturated rings. The van der Waals surface area contributed by atoms with Crippen LogP contribution in [-0.2, 0) is 45.6 Å². The quantitative estimate of drug-likeness (QED) is 0.0208. The van der Waals surface area contributed by atoms with Gasteiger partial charge in [-0.15, -0.1) is 0 Å². The standard InChI is InChI=1S/C32H73NO11SSi5/c1-16-17-26-46(6,7)41-48(10,11)43-50(14,15)44-49(12,13)42-47(8,9)27-20-23-38-28-31(40-32(34)30(2)3)29-39-24-22-33(4,5)21-18-19-25-45(35,36)37/h31H,2,16-29H2,1,3-15H3/p+1. The molecular formula is C32H74NO11SSi5+. The van der Waals surface area contributed by atoms with Crippen LogP contribution in [0.15, 0.2) is 12.2 Å². The average Bonchev–Trinajstić information content (AvgIpc) is 2.88. The molecule has 0 aliphatic heterocycles. The van der Waals surface area contributed by atoms with Crippen molar-refractivity contribution in [3.05, 3.63) is 12.2 Å². The van der Waals surface area contributed by atoms with E-state index in [4.69, 9.17) is 35.2 Å². The van der Waals surface area contributed by atoms with Gasteiger partial charge in [-0.05, 0) is 104 Å². The SMILES string of the molecule is C=C(C)C(=O)OC(COCCC[Si](C)(C)O[Si](C)(C)O[Si](C)(C)O[Si](C)(C)O[Si](C)(C)CCCC)COCC[N+](C)(C)CCCCS(=O)(=O)O. The van der Waals surface area contributed by atoms with E-state index in [1.165, 1.54) is 12.8 Å². The molecule has 0 saturated carbocycles. The first kappa shape index (κ1) is 49.9. The summed E-state index contributed by atoms with van der Waals surface area (Å²) in [6.07, 6.45) is 3.65. The minimum absolute atomic E-state index is 0.188. The summed E-state index contributed by atoms with van der Waals surface area (Å²) < 4.78 is 75.7. The van der Waals surface area contributed by atoms with Crippen molar-refractivity contribution >= 4 is 58.4 Å². The van der Waals surface area contributed by atoms with Crippen molar-refractivity contribution < 1.29 is 52.9 Å². The molecule has 0 aromatic heterocycles. The molecule has 0 spiro atoms. The fourth-order valence-corrected chi connectivity index (χ4v) is 31.3. The van der Waals surface area contributed by atoms with Gasteiger partial charge in [-0.2, -0.15) is 8.42 Å². The zero-order valence-corrected chi connectivity index (χ0v) is 39.9. The molecule has 0 aliphatic rings. The second kappa shape index (κ2) is 21.7. The van der Waals surface area contributed by atoms with E-state index in [1.807, 2.05) is 14.1 Å². The van der Waals surface area contributed by atoms with Gasteiger partial charge >= 0.3 is 31.7 Å². The Kier molecular flexibility index (Phi) is 21.7. The number of nitrogens with zero attached hydrogens (tertiary/aromatic N) is 1. The monoisotopic (exact) mass is 820 g/mol. The Morgan fingerprint density at radius 3 is 1.64 bits per heavy atom. The Bertz CT molecular complexity index is 1140. The van der Waals surface area contributed by atoms with Crippen molar-refractivity contribution in [2.75, 3.05) is 59.4 Å². The smallest absolute Gasteiger partial charge is 0.333 e. The summed E-state index contributed by atoms with van der Waals surface area (Å²) in [4.78, 5) is 12.3. The maximum absolute atomic E-state index is 12.3. The van der Waals surface area contributed by atoms with E-state index in [0.29, 0.717) is 42.7 Å². The van der Waals surface area contributed by atoms with Crippen LogP contribution in [0.4, 0.5) is 0 Å². The van der Waals surface area contributed by atoms with Crippen LogP contribution < -0.4 is 0 Å². The largest absolute Gasteiger partial charge is 0.454 e. The molecule has 0 saturated heterocycles. The Labute approximate surface area is 311 Å². The summed E-state index contributed by atoms with van der Waals surface area (Å²) in [5.74, 6) is -0.716. The average molecular weight is 821 g/mol. The maximum atomic E-state index is 12.3. The van der Waals surface area contributed by atoms with Crippen LogP contribution in [-0.4, -0.2) is 131 Å². The lowest BCUT2D eigenvalue weighted by molar-refractivity contribution is -0.890. The van der Waals surface area contributed by atoms with Crippen LogP contribution in [0.5, 0.6) is 0 Å². The molecule has 1 unspecified atom stereocenters. The molecule has 0 aromatic rings. The predicted molar refractivity (Wildman–Crippen MR) is 215 cm³/mol. The number of carbonyl (C=O) groups excluding carboxylic acids is 1. The molecule has 0 aromatic carbocycles. The third-order valence-electron chi connectivity index (χ3n) is 7.71. The number of rotatable bonds is 29. The van der Waals surface area contributed by atoms with Crippen LogP contribution in [0.25, 0.3) is 0 Å². The van der Waals surface area contributed by atoms with Gasteiger partial charge in [0.25, 0.3) is 10.1 Å². The molecular weight excluding hydrogens is 747 g/mol. The van der Waals surface area contributed by atoms with Crippen LogP contribution in [0.1, 0.15) is 46.0 Å². The molecule has 12 nitrogen and oxygen atoms in total. The maximum Gasteiger partial charge on any atom is 0.333 e. The highest BCUT2D eigenvalue weighted by Gasteiger charge is 2.45. The molecule has 1 N–H and O–H groups in total. The number of unbranched alkanes of at least 4 members (excludes halogenated alkanes) is 2. The van der Waals surface area contributed by atoms with Gasteiger partial charge in [-0.3, -0.25) is 4.55 Å². The third kappa shape index (κ3) is 26.7. The molecule has 0 radical (unpaired) electrons. The van der Waals surface area contributed by atoms with Gasteiger partial charge in [0.2, 0.25) is 0 Å². The minimum atomic E-state index is -3.94. The van der Waals surface area contributed by atoms with E-state index in [0.717, 1.165) is 25.1 Å². The van der Waals surface area contributed by atoms with E-state index in [-0.39, 0.29) is 19.0 Å². The van der Waals surface area contributed by atoms with Crippen molar-refractivity contribution in [1.82, 2.24) is 0 Å². The van der Waals surface area contributed by atoms with Gasteiger partial charge in [0.15, 0.2) is 16.6 Å². The van der Waals surface area contributed by atoms with Crippen molar-refractivity contribution in [3.63, 3.8) is 0 Å². The fourth-order valence-electron chi connectivity index (χ4n) is 5.93. The highest BCUT2D eigenvalue weighted by atomic mass is 32.2. The number of hydrogen-bond acceptors (Lipinski definition) is 10. The first-order valence-electron chi connectivity index (χ1n) is 18.1. The van der Waals surface area contributed by atoms with Crippen molar-refractivity contribution in [2.45, 2.75) is 130 Å². The predicted octanol–water partition coefficient (Wildman–Crippen LogP) is 7.02. The molecule has 0 aliphatic carbocycles. The van der Waals surface area contributed by atoms with E-state index in [1.54, 1.807) is 6.92 Å². The summed E-state index contributed by atoms with van der Waals surface area (Å²) in [7, 11) is -11.2. The van der Waals surface area contributed by atoms with Crippen LogP contribution >= 0.6 is 0 Å². The lowest BCUT2D eigenvalue weighted by Gasteiger charge is -2.42. The zero-order chi connectivity index (χ0) is 39.1. The van der Waals surface area contributed by atoms with Crippen molar-refractivity contribution in [1.29, 1.82) is 0 Å².